The number of carbonyl (C=O) groups excluding carboxylic acids is 4. The van der Waals surface area contributed by atoms with Crippen molar-refractivity contribution in [2.24, 2.45) is 5.92 Å². The van der Waals surface area contributed by atoms with Gasteiger partial charge in [0, 0.05) is 53.2 Å². The van der Waals surface area contributed by atoms with E-state index in [9.17, 15) is 32.3 Å². The molecular weight excluding hydrogens is 1030 g/mol. The van der Waals surface area contributed by atoms with Crippen LogP contribution in [0.25, 0.3) is 11.1 Å². The zero-order valence-corrected chi connectivity index (χ0v) is 44.5. The molecule has 1 saturated carbocycles. The number of hydrogen-bond donors (Lipinski definition) is 3. The maximum Gasteiger partial charge on any atom is 0.416 e. The maximum absolute atomic E-state index is 14.2. The first-order valence-electron chi connectivity index (χ1n) is 26.4. The van der Waals surface area contributed by atoms with Gasteiger partial charge in [0.25, 0.3) is 0 Å². The molecule has 0 bridgehead atoms. The highest BCUT2D eigenvalue weighted by atomic mass is 32.1. The van der Waals surface area contributed by atoms with Crippen molar-refractivity contribution in [2.45, 2.75) is 95.6 Å². The number of nitrogens with two attached hydrogens (primary N) is 1. The molecular formula is C57H64F3N9O8S. The number of pyridine rings is 1. The van der Waals surface area contributed by atoms with Crippen LogP contribution < -0.4 is 30.7 Å². The van der Waals surface area contributed by atoms with Gasteiger partial charge in [-0.2, -0.15) is 18.3 Å². The minimum Gasteiger partial charge on any atom is -0.491 e. The smallest absolute Gasteiger partial charge is 0.416 e. The monoisotopic (exact) mass is 1090 g/mol. The van der Waals surface area contributed by atoms with Gasteiger partial charge in [0.1, 0.15) is 34.8 Å². The second kappa shape index (κ2) is 25.5. The third-order valence-electron chi connectivity index (χ3n) is 14.4. The number of hydrogen-bond acceptors (Lipinski definition) is 14. The van der Waals surface area contributed by atoms with Crippen molar-refractivity contribution in [3.8, 4) is 28.4 Å². The van der Waals surface area contributed by atoms with Crippen molar-refractivity contribution in [1.82, 2.24) is 35.3 Å². The van der Waals surface area contributed by atoms with E-state index in [2.05, 4.69) is 20.7 Å². The average Bonchev–Trinajstić information content (AvgIpc) is 4.35. The Morgan fingerprint density at radius 2 is 1.65 bits per heavy atom. The molecule has 412 valence electrons. The summed E-state index contributed by atoms with van der Waals surface area (Å²) in [5, 5.41) is 13.0. The van der Waals surface area contributed by atoms with Gasteiger partial charge in [0.2, 0.25) is 23.5 Å². The van der Waals surface area contributed by atoms with Gasteiger partial charge in [-0.25, -0.2) is 9.97 Å². The molecule has 0 spiro atoms. The fourth-order valence-corrected chi connectivity index (χ4v) is 11.1. The Kier molecular flexibility index (Phi) is 18.2. The Hall–Kier alpha value is -7.20. The summed E-state index contributed by atoms with van der Waals surface area (Å²) in [6, 6.07) is 17.6. The predicted octanol–water partition coefficient (Wildman–Crippen LogP) is 8.61. The number of likely N-dealkylation sites (tertiary alicyclic amines) is 1. The number of ketones is 1. The third kappa shape index (κ3) is 13.7. The molecule has 0 radical (unpaired) electrons. The molecule has 5 heterocycles. The molecule has 9 rings (SSSR count). The number of rotatable bonds is 23. The van der Waals surface area contributed by atoms with Gasteiger partial charge in [-0.05, 0) is 106 Å². The van der Waals surface area contributed by atoms with E-state index in [1.165, 1.54) is 23.5 Å². The molecule has 4 N–H and O–H groups in total. The van der Waals surface area contributed by atoms with E-state index >= 15 is 0 Å². The highest BCUT2D eigenvalue weighted by Crippen LogP contribution is 2.39. The van der Waals surface area contributed by atoms with Crippen LogP contribution in [-0.2, 0) is 49.4 Å². The number of nitrogens with one attached hydrogen (secondary N) is 2. The van der Waals surface area contributed by atoms with E-state index < -0.39 is 23.8 Å². The molecule has 3 aromatic heterocycles. The van der Waals surface area contributed by atoms with Crippen LogP contribution in [0.15, 0.2) is 96.8 Å². The summed E-state index contributed by atoms with van der Waals surface area (Å²) in [6.45, 7) is 4.88. The number of benzene rings is 3. The zero-order chi connectivity index (χ0) is 54.8. The number of fused-ring (bicyclic) bond motifs is 1. The normalized spacial score (nSPS) is 16.4. The molecule has 3 atom stereocenters. The van der Waals surface area contributed by atoms with Crippen LogP contribution in [0.5, 0.6) is 17.2 Å². The minimum absolute atomic E-state index is 0.0739. The third-order valence-corrected chi connectivity index (χ3v) is 15.4. The number of carbonyl (C=O) groups is 4. The number of thiazole rings is 1. The van der Waals surface area contributed by atoms with Crippen LogP contribution >= 0.6 is 11.3 Å². The Balaban J connectivity index is 0.685. The molecule has 17 nitrogen and oxygen atoms in total. The summed E-state index contributed by atoms with van der Waals surface area (Å²) in [5.74, 6) is 0.808. The summed E-state index contributed by atoms with van der Waals surface area (Å²) in [6.07, 6.45) is 7.67. The number of halogens is 3. The Labute approximate surface area is 454 Å². The summed E-state index contributed by atoms with van der Waals surface area (Å²) in [7, 11) is 1.73. The van der Waals surface area contributed by atoms with E-state index in [1.54, 1.807) is 83.8 Å². The van der Waals surface area contributed by atoms with Gasteiger partial charge in [-0.3, -0.25) is 23.9 Å². The number of nitrogens with zero attached hydrogens (tertiary/aromatic N) is 6. The van der Waals surface area contributed by atoms with E-state index in [0.717, 1.165) is 73.8 Å². The summed E-state index contributed by atoms with van der Waals surface area (Å²) in [5.41, 5.74) is 9.52. The summed E-state index contributed by atoms with van der Waals surface area (Å²) >= 11 is 1.38. The van der Waals surface area contributed by atoms with Crippen molar-refractivity contribution >= 4 is 46.3 Å². The van der Waals surface area contributed by atoms with Crippen molar-refractivity contribution in [3.05, 3.63) is 130 Å². The number of alkyl halides is 3. The highest BCUT2D eigenvalue weighted by Gasteiger charge is 2.40. The maximum atomic E-state index is 14.2. The SMILES string of the molecule is CN[C@@H](C)C(=O)N[C@H](C(=O)N1CCC[C@H]1c1nc(C(=O)c2cccc(OCCOCCOCCn3cc(-c4cnc(N)c(Oc5ccc6c(c5)CCN6C(=O)Cc5cccc(C(F)(F)F)c5)c4)cn3)c2)cs1)C1CCCCC1. The van der Waals surface area contributed by atoms with Crippen molar-refractivity contribution in [1.29, 1.82) is 0 Å². The number of nitrogen functional groups attached to an aromatic ring is 1. The Morgan fingerprint density at radius 1 is 0.859 bits per heavy atom. The number of aromatic nitrogens is 4. The quantitative estimate of drug-likeness (QED) is 0.0407. The number of amides is 3. The van der Waals surface area contributed by atoms with Gasteiger partial charge in [0.05, 0.1) is 63.2 Å². The number of anilines is 2. The molecule has 1 saturated heterocycles. The van der Waals surface area contributed by atoms with E-state index in [4.69, 9.17) is 29.7 Å². The Morgan fingerprint density at radius 3 is 2.46 bits per heavy atom. The van der Waals surface area contributed by atoms with Gasteiger partial charge in [-0.1, -0.05) is 49.6 Å². The first-order valence-corrected chi connectivity index (χ1v) is 27.3. The van der Waals surface area contributed by atoms with Crippen LogP contribution in [0.1, 0.15) is 95.7 Å². The standard InChI is InChI=1S/C57H64F3N9O8S/c1-36(62-2)54(72)66-51(38-10-4-3-5-11-38)56(73)69-19-8-15-48(69)55-65-46(35-78-55)52(71)40-12-7-14-44(30-40)76-26-25-75-24-23-74-22-21-67-34-42(33-64-67)41-31-49(53(61)63-32-41)77-45-16-17-47-39(29-45)18-20-68(47)50(70)28-37-9-6-13-43(27-37)57(58,59)60/h6-7,9,12-14,16-17,27,29-36,38,48,51,62H,3-5,8,10-11,15,18-26,28H2,1-2H3,(H2,61,63)(H,66,72)/t36-,48-,51-/m0/s1. The molecule has 1 aliphatic carbocycles. The fourth-order valence-electron chi connectivity index (χ4n) is 10.1. The lowest BCUT2D eigenvalue weighted by molar-refractivity contribution is -0.139. The lowest BCUT2D eigenvalue weighted by Crippen LogP contribution is -2.55. The Bertz CT molecular complexity index is 3070. The number of ether oxygens (including phenoxy) is 4. The van der Waals surface area contributed by atoms with E-state index in [0.29, 0.717) is 97.2 Å². The predicted molar refractivity (Wildman–Crippen MR) is 287 cm³/mol. The molecule has 2 fully saturated rings. The van der Waals surface area contributed by atoms with Crippen LogP contribution in [0.4, 0.5) is 24.7 Å². The highest BCUT2D eigenvalue weighted by molar-refractivity contribution is 7.10. The van der Waals surface area contributed by atoms with Gasteiger partial charge >= 0.3 is 6.18 Å². The van der Waals surface area contributed by atoms with Crippen LogP contribution in [0, 0.1) is 5.92 Å². The van der Waals surface area contributed by atoms with Crippen LogP contribution in [-0.4, -0.2) is 113 Å². The topological polar surface area (TPSA) is 205 Å². The van der Waals surface area contributed by atoms with Crippen LogP contribution in [0.2, 0.25) is 0 Å². The second-order valence-corrected chi connectivity index (χ2v) is 20.6. The average molecular weight is 1090 g/mol. The molecule has 6 aromatic rings. The molecule has 21 heteroatoms. The molecule has 3 amide bonds. The lowest BCUT2D eigenvalue weighted by atomic mass is 9.83. The molecule has 78 heavy (non-hydrogen) atoms. The second-order valence-electron chi connectivity index (χ2n) is 19.7. The number of likely N-dealkylation sites (N-methyl/N-ethyl adjacent to an activating group) is 1. The molecule has 3 aliphatic rings. The van der Waals surface area contributed by atoms with E-state index in [1.807, 2.05) is 17.2 Å². The van der Waals surface area contributed by atoms with E-state index in [-0.39, 0.29) is 54.3 Å². The van der Waals surface area contributed by atoms with Crippen molar-refractivity contribution in [3.63, 3.8) is 0 Å². The first-order chi connectivity index (χ1) is 37.7. The van der Waals surface area contributed by atoms with Gasteiger partial charge in [-0.15, -0.1) is 11.3 Å². The molecule has 2 aliphatic heterocycles. The van der Waals surface area contributed by atoms with Crippen molar-refractivity contribution in [2.75, 3.05) is 63.8 Å². The lowest BCUT2D eigenvalue weighted by Gasteiger charge is -2.35. The largest absolute Gasteiger partial charge is 0.491 e. The summed E-state index contributed by atoms with van der Waals surface area (Å²) in [4.78, 5) is 66.6. The molecule has 3 aromatic carbocycles. The van der Waals surface area contributed by atoms with Gasteiger partial charge in [0.15, 0.2) is 11.6 Å². The van der Waals surface area contributed by atoms with Crippen molar-refractivity contribution < 1.29 is 51.3 Å². The summed E-state index contributed by atoms with van der Waals surface area (Å²) < 4.78 is 65.1. The van der Waals surface area contributed by atoms with Gasteiger partial charge < -0.3 is 45.1 Å². The minimum atomic E-state index is -4.49. The fraction of sp³-hybridized carbons (Fsp3) is 0.421. The van der Waals surface area contributed by atoms with Crippen LogP contribution in [0.3, 0.4) is 0 Å². The zero-order valence-electron chi connectivity index (χ0n) is 43.6. The molecule has 0 unspecified atom stereocenters. The first kappa shape index (κ1) is 55.6.